The summed E-state index contributed by atoms with van der Waals surface area (Å²) in [6.45, 7) is 4.54. The lowest BCUT2D eigenvalue weighted by Crippen LogP contribution is -2.43. The van der Waals surface area contributed by atoms with Crippen LogP contribution in [-0.4, -0.2) is 25.0 Å². The third-order valence-corrected chi connectivity index (χ3v) is 4.70. The Hall–Kier alpha value is -2.17. The zero-order valence-corrected chi connectivity index (χ0v) is 13.9. The van der Waals surface area contributed by atoms with E-state index in [9.17, 15) is 13.6 Å². The highest BCUT2D eigenvalue weighted by Gasteiger charge is 2.45. The molecule has 0 unspecified atom stereocenters. The minimum absolute atomic E-state index is 0.257. The van der Waals surface area contributed by atoms with Crippen molar-refractivity contribution in [2.75, 3.05) is 6.54 Å². The number of amides is 2. The van der Waals surface area contributed by atoms with Gasteiger partial charge in [-0.2, -0.15) is 0 Å². The van der Waals surface area contributed by atoms with E-state index in [0.717, 1.165) is 10.9 Å². The van der Waals surface area contributed by atoms with E-state index in [4.69, 9.17) is 0 Å². The third kappa shape index (κ3) is 3.66. The molecule has 0 heterocycles. The van der Waals surface area contributed by atoms with E-state index < -0.39 is 18.4 Å². The zero-order chi connectivity index (χ0) is 17.3. The van der Waals surface area contributed by atoms with E-state index in [1.165, 1.54) is 5.39 Å². The zero-order valence-electron chi connectivity index (χ0n) is 13.9. The van der Waals surface area contributed by atoms with Gasteiger partial charge in [-0.05, 0) is 22.8 Å². The number of hydrogen-bond donors (Lipinski definition) is 2. The fourth-order valence-corrected chi connectivity index (χ4v) is 2.89. The van der Waals surface area contributed by atoms with Gasteiger partial charge in [0.1, 0.15) is 0 Å². The summed E-state index contributed by atoms with van der Waals surface area (Å²) in [4.78, 5) is 11.9. The number of benzene rings is 2. The van der Waals surface area contributed by atoms with Crippen molar-refractivity contribution in [2.24, 2.45) is 5.92 Å². The van der Waals surface area contributed by atoms with Crippen LogP contribution >= 0.6 is 0 Å². The number of rotatable bonds is 5. The number of urea groups is 1. The molecular weight excluding hydrogens is 310 g/mol. The Morgan fingerprint density at radius 3 is 2.58 bits per heavy atom. The van der Waals surface area contributed by atoms with Gasteiger partial charge < -0.3 is 10.6 Å². The van der Waals surface area contributed by atoms with Crippen molar-refractivity contribution in [2.45, 2.75) is 38.2 Å². The molecule has 2 aromatic carbocycles. The van der Waals surface area contributed by atoms with Gasteiger partial charge in [-0.1, -0.05) is 56.3 Å². The van der Waals surface area contributed by atoms with Crippen molar-refractivity contribution in [1.82, 2.24) is 10.6 Å². The molecule has 0 radical (unpaired) electrons. The van der Waals surface area contributed by atoms with Crippen molar-refractivity contribution in [3.05, 3.63) is 48.0 Å². The highest BCUT2D eigenvalue weighted by Crippen LogP contribution is 2.35. The van der Waals surface area contributed by atoms with Gasteiger partial charge in [0.15, 0.2) is 0 Å². The molecule has 3 rings (SSSR count). The van der Waals surface area contributed by atoms with Crippen LogP contribution in [0.4, 0.5) is 13.6 Å². The number of carbonyl (C=O) groups is 1. The molecular formula is C19H22F2N2O. The maximum atomic E-state index is 12.5. The van der Waals surface area contributed by atoms with E-state index in [-0.39, 0.29) is 11.4 Å². The maximum absolute atomic E-state index is 12.5. The van der Waals surface area contributed by atoms with Gasteiger partial charge in [0.05, 0.1) is 0 Å². The average Bonchev–Trinajstić information content (AvgIpc) is 3.32. The van der Waals surface area contributed by atoms with Crippen LogP contribution in [0.3, 0.4) is 0 Å². The monoisotopic (exact) mass is 332 g/mol. The van der Waals surface area contributed by atoms with Crippen LogP contribution in [0.5, 0.6) is 0 Å². The first-order valence-electron chi connectivity index (χ1n) is 8.18. The minimum Gasteiger partial charge on any atom is -0.337 e. The van der Waals surface area contributed by atoms with Gasteiger partial charge in [-0.3, -0.25) is 0 Å². The third-order valence-electron chi connectivity index (χ3n) is 4.70. The van der Waals surface area contributed by atoms with E-state index >= 15 is 0 Å². The van der Waals surface area contributed by atoms with Gasteiger partial charge >= 0.3 is 6.03 Å². The van der Waals surface area contributed by atoms with Crippen LogP contribution in [0.25, 0.3) is 10.8 Å². The highest BCUT2D eigenvalue weighted by molar-refractivity contribution is 5.83. The van der Waals surface area contributed by atoms with Crippen LogP contribution in [0.15, 0.2) is 42.5 Å². The second-order valence-corrected chi connectivity index (χ2v) is 7.11. The van der Waals surface area contributed by atoms with Gasteiger partial charge in [-0.15, -0.1) is 0 Å². The van der Waals surface area contributed by atoms with Crippen LogP contribution < -0.4 is 10.6 Å². The normalized spacial score (nSPS) is 20.2. The van der Waals surface area contributed by atoms with E-state index in [0.29, 0.717) is 13.0 Å². The summed E-state index contributed by atoms with van der Waals surface area (Å²) in [5.74, 6) is -0.691. The quantitative estimate of drug-likeness (QED) is 0.851. The number of fused-ring (bicyclic) bond motifs is 1. The first kappa shape index (κ1) is 16.7. The molecule has 2 N–H and O–H groups in total. The van der Waals surface area contributed by atoms with Crippen molar-refractivity contribution in [3.8, 4) is 0 Å². The molecule has 128 valence electrons. The standard InChI is InChI=1S/C19H22F2N2O/c1-19(2,11-22-18(24)23-16-10-15(16)17(20)21)14-8-7-12-5-3-4-6-13(12)9-14/h3-9,15-17H,10-11H2,1-2H3,(H2,22,23,24)/t15-,16+/m1/s1. The lowest BCUT2D eigenvalue weighted by Gasteiger charge is -2.26. The Bertz CT molecular complexity index is 745. The number of hydrogen-bond acceptors (Lipinski definition) is 1. The van der Waals surface area contributed by atoms with Gasteiger partial charge in [0, 0.05) is 23.9 Å². The Morgan fingerprint density at radius 2 is 1.92 bits per heavy atom. The molecule has 1 aliphatic rings. The molecule has 2 amide bonds. The SMILES string of the molecule is CC(C)(CNC(=O)N[C@H]1C[C@H]1C(F)F)c1ccc2ccccc2c1. The number of halogens is 2. The van der Waals surface area contributed by atoms with E-state index in [1.807, 2.05) is 12.1 Å². The summed E-state index contributed by atoms with van der Waals surface area (Å²) in [7, 11) is 0. The molecule has 0 aromatic heterocycles. The predicted molar refractivity (Wildman–Crippen MR) is 91.4 cm³/mol. The molecule has 0 bridgehead atoms. The fourth-order valence-electron chi connectivity index (χ4n) is 2.89. The van der Waals surface area contributed by atoms with Crippen molar-refractivity contribution in [1.29, 1.82) is 0 Å². The molecule has 1 fully saturated rings. The lowest BCUT2D eigenvalue weighted by atomic mass is 9.83. The second kappa shape index (κ2) is 6.38. The van der Waals surface area contributed by atoms with Crippen molar-refractivity contribution < 1.29 is 13.6 Å². The first-order valence-corrected chi connectivity index (χ1v) is 8.18. The van der Waals surface area contributed by atoms with Crippen molar-refractivity contribution >= 4 is 16.8 Å². The van der Waals surface area contributed by atoms with Crippen LogP contribution in [0, 0.1) is 5.92 Å². The average molecular weight is 332 g/mol. The maximum Gasteiger partial charge on any atom is 0.315 e. The second-order valence-electron chi connectivity index (χ2n) is 7.11. The summed E-state index contributed by atoms with van der Waals surface area (Å²) in [6.07, 6.45) is -2.00. The minimum atomic E-state index is -2.36. The van der Waals surface area contributed by atoms with Gasteiger partial charge in [0.25, 0.3) is 0 Å². The molecule has 0 spiro atoms. The highest BCUT2D eigenvalue weighted by atomic mass is 19.3. The molecule has 1 aliphatic carbocycles. The summed E-state index contributed by atoms with van der Waals surface area (Å²) < 4.78 is 24.9. The number of alkyl halides is 2. The van der Waals surface area contributed by atoms with Gasteiger partial charge in [-0.25, -0.2) is 13.6 Å². The van der Waals surface area contributed by atoms with Gasteiger partial charge in [0.2, 0.25) is 6.43 Å². The molecule has 3 nitrogen and oxygen atoms in total. The smallest absolute Gasteiger partial charge is 0.315 e. The number of carbonyl (C=O) groups excluding carboxylic acids is 1. The fraction of sp³-hybridized carbons (Fsp3) is 0.421. The lowest BCUT2D eigenvalue weighted by molar-refractivity contribution is 0.119. The summed E-state index contributed by atoms with van der Waals surface area (Å²) in [5, 5.41) is 7.75. The van der Waals surface area contributed by atoms with E-state index in [1.54, 1.807) is 0 Å². The number of nitrogens with one attached hydrogen (secondary N) is 2. The van der Waals surface area contributed by atoms with Crippen LogP contribution in [-0.2, 0) is 5.41 Å². The Balaban J connectivity index is 1.59. The largest absolute Gasteiger partial charge is 0.337 e. The molecule has 2 aromatic rings. The molecule has 0 saturated heterocycles. The Morgan fingerprint density at radius 1 is 1.21 bits per heavy atom. The van der Waals surface area contributed by atoms with E-state index in [2.05, 4.69) is 54.8 Å². The molecule has 1 saturated carbocycles. The molecule has 0 aliphatic heterocycles. The summed E-state index contributed by atoms with van der Waals surface area (Å²) in [5.41, 5.74) is 0.867. The Labute approximate surface area is 140 Å². The summed E-state index contributed by atoms with van der Waals surface area (Å²) in [6, 6.07) is 13.6. The summed E-state index contributed by atoms with van der Waals surface area (Å²) >= 11 is 0. The predicted octanol–water partition coefficient (Wildman–Crippen LogP) is 4.07. The molecule has 5 heteroatoms. The first-order chi connectivity index (χ1) is 11.4. The van der Waals surface area contributed by atoms with Crippen LogP contribution in [0.2, 0.25) is 0 Å². The topological polar surface area (TPSA) is 41.1 Å². The Kier molecular flexibility index (Phi) is 4.43. The molecule has 2 atom stereocenters. The van der Waals surface area contributed by atoms with Crippen molar-refractivity contribution in [3.63, 3.8) is 0 Å². The van der Waals surface area contributed by atoms with Crippen LogP contribution in [0.1, 0.15) is 25.8 Å². The molecule has 24 heavy (non-hydrogen) atoms.